The predicted molar refractivity (Wildman–Crippen MR) is 124 cm³/mol. The maximum atomic E-state index is 12.6. The van der Waals surface area contributed by atoms with Crippen molar-refractivity contribution < 1.29 is 38.3 Å². The first-order valence-corrected chi connectivity index (χ1v) is 12.0. The number of fused-ring (bicyclic) bond motifs is 1. The molecule has 0 bridgehead atoms. The molecule has 184 valence electrons. The molecule has 1 heterocycles. The first kappa shape index (κ1) is 25.9. The molecule has 2 aliphatic rings. The smallest absolute Gasteiger partial charge is 0.526 e. The summed E-state index contributed by atoms with van der Waals surface area (Å²) in [6.07, 6.45) is 6.42. The van der Waals surface area contributed by atoms with Crippen molar-refractivity contribution in [1.82, 2.24) is 0 Å². The molecule has 0 spiro atoms. The Morgan fingerprint density at radius 1 is 1.12 bits per heavy atom. The molecule has 1 saturated carbocycles. The summed E-state index contributed by atoms with van der Waals surface area (Å²) in [5, 5.41) is 10.4. The maximum absolute atomic E-state index is 12.6. The van der Waals surface area contributed by atoms with Crippen LogP contribution < -0.4 is 4.65 Å². The third-order valence-electron chi connectivity index (χ3n) is 6.73. The lowest BCUT2D eigenvalue weighted by molar-refractivity contribution is -0.155. The fourth-order valence-electron chi connectivity index (χ4n) is 4.74. The minimum absolute atomic E-state index is 0.0591. The summed E-state index contributed by atoms with van der Waals surface area (Å²) in [5.74, 6) is -1.57. The lowest BCUT2D eigenvalue weighted by Gasteiger charge is -2.32. The Hall–Kier alpha value is -2.68. The Kier molecular flexibility index (Phi) is 8.88. The zero-order chi connectivity index (χ0) is 24.7. The molecule has 1 aliphatic carbocycles. The molecule has 0 radical (unpaired) electrons. The SMILES string of the molecule is CC(=O)CCC(=O)C[C@H]1Cc2cccc(C(=O)OCOC(=O)CC3(C)CCCCC3)c2OB1O. The topological polar surface area (TPSA) is 116 Å². The third-order valence-corrected chi connectivity index (χ3v) is 6.73. The van der Waals surface area contributed by atoms with Crippen molar-refractivity contribution >= 4 is 30.6 Å². The minimum Gasteiger partial charge on any atom is -0.535 e. The number of carbonyl (C=O) groups is 4. The van der Waals surface area contributed by atoms with Crippen LogP contribution in [0.4, 0.5) is 0 Å². The van der Waals surface area contributed by atoms with Gasteiger partial charge in [0.15, 0.2) is 0 Å². The van der Waals surface area contributed by atoms with Crippen molar-refractivity contribution in [3.05, 3.63) is 29.3 Å². The number of hydrogen-bond donors (Lipinski definition) is 1. The fraction of sp³-hybridized carbons (Fsp3) is 0.600. The Morgan fingerprint density at radius 2 is 1.85 bits per heavy atom. The van der Waals surface area contributed by atoms with Gasteiger partial charge in [-0.3, -0.25) is 9.59 Å². The number of carbonyl (C=O) groups excluding carboxylic acids is 4. The molecule has 0 aromatic heterocycles. The van der Waals surface area contributed by atoms with Crippen LogP contribution in [-0.4, -0.2) is 42.4 Å². The molecule has 1 aliphatic heterocycles. The minimum atomic E-state index is -1.27. The number of ketones is 2. The summed E-state index contributed by atoms with van der Waals surface area (Å²) in [4.78, 5) is 48.0. The van der Waals surface area contributed by atoms with Crippen LogP contribution in [0, 0.1) is 5.41 Å². The van der Waals surface area contributed by atoms with Gasteiger partial charge in [0.2, 0.25) is 6.79 Å². The van der Waals surface area contributed by atoms with Gasteiger partial charge in [-0.1, -0.05) is 38.3 Å². The van der Waals surface area contributed by atoms with Crippen LogP contribution in [0.1, 0.15) is 87.6 Å². The van der Waals surface area contributed by atoms with E-state index in [0.717, 1.165) is 25.7 Å². The quantitative estimate of drug-likeness (QED) is 0.310. The standard InChI is InChI=1S/C25H33BO8/c1-17(27)9-10-20(28)14-19-13-18-7-6-8-21(23(18)34-26(19)31)24(30)33-16-32-22(29)15-25(2)11-4-3-5-12-25/h6-8,19,31H,3-5,9-16H2,1-2H3/t19-/m1/s1. The number of hydrogen-bond acceptors (Lipinski definition) is 8. The second-order valence-corrected chi connectivity index (χ2v) is 9.83. The average molecular weight is 472 g/mol. The van der Waals surface area contributed by atoms with Gasteiger partial charge in [0.1, 0.15) is 22.9 Å². The molecule has 1 fully saturated rings. The van der Waals surface area contributed by atoms with Crippen LogP contribution in [0.2, 0.25) is 5.82 Å². The van der Waals surface area contributed by atoms with Crippen LogP contribution in [-0.2, 0) is 30.3 Å². The Morgan fingerprint density at radius 3 is 2.56 bits per heavy atom. The van der Waals surface area contributed by atoms with Crippen molar-refractivity contribution in [2.24, 2.45) is 5.41 Å². The normalized spacial score (nSPS) is 18.9. The van der Waals surface area contributed by atoms with Crippen LogP contribution in [0.5, 0.6) is 5.75 Å². The second kappa shape index (κ2) is 11.6. The molecule has 1 aromatic carbocycles. The van der Waals surface area contributed by atoms with E-state index in [4.69, 9.17) is 14.1 Å². The van der Waals surface area contributed by atoms with Crippen molar-refractivity contribution in [2.45, 2.75) is 83.9 Å². The zero-order valence-corrected chi connectivity index (χ0v) is 20.0. The van der Waals surface area contributed by atoms with Crippen molar-refractivity contribution in [3.8, 4) is 5.75 Å². The van der Waals surface area contributed by atoms with E-state index in [1.54, 1.807) is 12.1 Å². The molecule has 1 atom stereocenters. The number of ether oxygens (including phenoxy) is 2. The van der Waals surface area contributed by atoms with E-state index >= 15 is 0 Å². The van der Waals surface area contributed by atoms with Gasteiger partial charge in [-0.25, -0.2) is 4.79 Å². The molecule has 8 nitrogen and oxygen atoms in total. The van der Waals surface area contributed by atoms with Crippen LogP contribution in [0.3, 0.4) is 0 Å². The summed E-state index contributed by atoms with van der Waals surface area (Å²) in [5.41, 5.74) is 0.728. The molecule has 0 amide bonds. The van der Waals surface area contributed by atoms with Crippen LogP contribution in [0.15, 0.2) is 18.2 Å². The molecule has 9 heteroatoms. The maximum Gasteiger partial charge on any atom is 0.526 e. The summed E-state index contributed by atoms with van der Waals surface area (Å²) in [7, 11) is -1.27. The van der Waals surface area contributed by atoms with Gasteiger partial charge in [-0.15, -0.1) is 0 Å². The highest BCUT2D eigenvalue weighted by Crippen LogP contribution is 2.39. The van der Waals surface area contributed by atoms with E-state index in [9.17, 15) is 24.2 Å². The largest absolute Gasteiger partial charge is 0.535 e. The number of esters is 2. The highest BCUT2D eigenvalue weighted by molar-refractivity contribution is 6.47. The van der Waals surface area contributed by atoms with E-state index in [1.165, 1.54) is 19.4 Å². The molecular formula is C25H33BO8. The van der Waals surface area contributed by atoms with E-state index in [2.05, 4.69) is 6.92 Å². The lowest BCUT2D eigenvalue weighted by Crippen LogP contribution is -2.36. The summed E-state index contributed by atoms with van der Waals surface area (Å²) >= 11 is 0. The van der Waals surface area contributed by atoms with Crippen molar-refractivity contribution in [2.75, 3.05) is 6.79 Å². The molecule has 1 aromatic rings. The first-order chi connectivity index (χ1) is 16.2. The van der Waals surface area contributed by atoms with Crippen molar-refractivity contribution in [3.63, 3.8) is 0 Å². The number of para-hydroxylation sites is 1. The fourth-order valence-corrected chi connectivity index (χ4v) is 4.74. The molecule has 0 unspecified atom stereocenters. The Bertz CT molecular complexity index is 921. The molecule has 3 rings (SSSR count). The Labute approximate surface area is 200 Å². The van der Waals surface area contributed by atoms with Gasteiger partial charge in [0.05, 0.1) is 6.42 Å². The molecular weight excluding hydrogens is 439 g/mol. The van der Waals surface area contributed by atoms with Crippen LogP contribution in [0.25, 0.3) is 0 Å². The number of Topliss-reactive ketones (excluding diaryl/α,β-unsaturated/α-hetero) is 2. The number of rotatable bonds is 10. The highest BCUT2D eigenvalue weighted by Gasteiger charge is 2.38. The summed E-state index contributed by atoms with van der Waals surface area (Å²) in [6.45, 7) is 3.02. The third kappa shape index (κ3) is 7.16. The monoisotopic (exact) mass is 472 g/mol. The van der Waals surface area contributed by atoms with Crippen molar-refractivity contribution in [1.29, 1.82) is 0 Å². The van der Waals surface area contributed by atoms with Gasteiger partial charge in [-0.2, -0.15) is 0 Å². The van der Waals surface area contributed by atoms with Gasteiger partial charge in [0, 0.05) is 25.1 Å². The van der Waals surface area contributed by atoms with Crippen LogP contribution >= 0.6 is 0 Å². The summed E-state index contributed by atoms with van der Waals surface area (Å²) < 4.78 is 15.9. The number of benzene rings is 1. The summed E-state index contributed by atoms with van der Waals surface area (Å²) in [6, 6.07) is 4.94. The molecule has 0 saturated heterocycles. The van der Waals surface area contributed by atoms with E-state index in [0.29, 0.717) is 18.4 Å². The van der Waals surface area contributed by atoms with E-state index < -0.39 is 31.7 Å². The van der Waals surface area contributed by atoms with Gasteiger partial charge in [0.25, 0.3) is 0 Å². The van der Waals surface area contributed by atoms with E-state index in [-0.39, 0.29) is 47.6 Å². The predicted octanol–water partition coefficient (Wildman–Crippen LogP) is 3.82. The molecule has 34 heavy (non-hydrogen) atoms. The first-order valence-electron chi connectivity index (χ1n) is 12.0. The second-order valence-electron chi connectivity index (χ2n) is 9.83. The average Bonchev–Trinajstić information content (AvgIpc) is 2.78. The van der Waals surface area contributed by atoms with Gasteiger partial charge >= 0.3 is 19.1 Å². The van der Waals surface area contributed by atoms with E-state index in [1.807, 2.05) is 0 Å². The lowest BCUT2D eigenvalue weighted by atomic mass is 9.64. The van der Waals surface area contributed by atoms with Gasteiger partial charge in [-0.05, 0) is 43.2 Å². The molecule has 1 N–H and O–H groups in total. The van der Waals surface area contributed by atoms with Gasteiger partial charge < -0.3 is 23.9 Å². The highest BCUT2D eigenvalue weighted by atomic mass is 16.7. The Balaban J connectivity index is 1.53. The zero-order valence-electron chi connectivity index (χ0n) is 20.0.